The predicted octanol–water partition coefficient (Wildman–Crippen LogP) is 1.87. The van der Waals surface area contributed by atoms with Crippen LogP contribution in [-0.2, 0) is 20.0 Å². The van der Waals surface area contributed by atoms with Crippen molar-refractivity contribution in [1.29, 1.82) is 0 Å². The quantitative estimate of drug-likeness (QED) is 0.847. The molecule has 1 aliphatic heterocycles. The van der Waals surface area contributed by atoms with Gasteiger partial charge < -0.3 is 14.0 Å². The molecule has 2 aromatic rings. The van der Waals surface area contributed by atoms with Crippen molar-refractivity contribution < 1.29 is 4.79 Å². The number of aromatic nitrogens is 4. The lowest BCUT2D eigenvalue weighted by Crippen LogP contribution is -2.36. The maximum Gasteiger partial charge on any atom is 0.270 e. The molecule has 1 amide bonds. The number of carbonyl (C=O) groups excluding carboxylic acids is 1. The number of rotatable bonds is 5. The standard InChI is InChI=1S/C16H23N5O/c1-3-20-12-17-18-15(20)9-8-13-6-4-11-21(13)16(22)14-7-5-10-19(14)2/h5,7,10,12-13H,3-4,6,8-9,11H2,1-2H3. The Kier molecular flexibility index (Phi) is 4.27. The van der Waals surface area contributed by atoms with Crippen molar-refractivity contribution in [2.24, 2.45) is 7.05 Å². The van der Waals surface area contributed by atoms with E-state index in [1.165, 1.54) is 0 Å². The van der Waals surface area contributed by atoms with Gasteiger partial charge in [0.1, 0.15) is 17.8 Å². The number of likely N-dealkylation sites (tertiary alicyclic amines) is 1. The van der Waals surface area contributed by atoms with Gasteiger partial charge in [-0.2, -0.15) is 0 Å². The Balaban J connectivity index is 1.66. The minimum atomic E-state index is 0.145. The van der Waals surface area contributed by atoms with Gasteiger partial charge in [-0.05, 0) is 38.3 Å². The molecule has 1 saturated heterocycles. The Morgan fingerprint density at radius 2 is 2.32 bits per heavy atom. The van der Waals surface area contributed by atoms with Crippen molar-refractivity contribution in [2.75, 3.05) is 6.54 Å². The van der Waals surface area contributed by atoms with Crippen LogP contribution in [-0.4, -0.2) is 42.7 Å². The van der Waals surface area contributed by atoms with E-state index in [-0.39, 0.29) is 5.91 Å². The summed E-state index contributed by atoms with van der Waals surface area (Å²) in [6.07, 6.45) is 7.68. The molecule has 1 unspecified atom stereocenters. The zero-order chi connectivity index (χ0) is 15.5. The summed E-state index contributed by atoms with van der Waals surface area (Å²) in [6, 6.07) is 4.12. The van der Waals surface area contributed by atoms with Crippen LogP contribution in [0.3, 0.4) is 0 Å². The third-order valence-electron chi connectivity index (χ3n) is 4.54. The highest BCUT2D eigenvalue weighted by Crippen LogP contribution is 2.23. The van der Waals surface area contributed by atoms with E-state index in [0.29, 0.717) is 6.04 Å². The molecule has 0 bridgehead atoms. The zero-order valence-corrected chi connectivity index (χ0v) is 13.3. The molecule has 118 valence electrons. The van der Waals surface area contributed by atoms with Crippen molar-refractivity contribution in [3.05, 3.63) is 36.2 Å². The summed E-state index contributed by atoms with van der Waals surface area (Å²) < 4.78 is 3.96. The summed E-state index contributed by atoms with van der Waals surface area (Å²) in [7, 11) is 1.92. The van der Waals surface area contributed by atoms with E-state index in [1.807, 2.05) is 34.8 Å². The molecule has 0 aromatic carbocycles. The summed E-state index contributed by atoms with van der Waals surface area (Å²) >= 11 is 0. The Labute approximate surface area is 130 Å². The second-order valence-electron chi connectivity index (χ2n) is 5.87. The average molecular weight is 301 g/mol. The van der Waals surface area contributed by atoms with Crippen LogP contribution in [0, 0.1) is 0 Å². The van der Waals surface area contributed by atoms with Gasteiger partial charge in [0.15, 0.2) is 0 Å². The topological polar surface area (TPSA) is 56.0 Å². The van der Waals surface area contributed by atoms with E-state index in [9.17, 15) is 4.79 Å². The van der Waals surface area contributed by atoms with E-state index in [0.717, 1.165) is 50.3 Å². The third kappa shape index (κ3) is 2.77. The molecule has 0 radical (unpaired) electrons. The molecule has 0 aliphatic carbocycles. The lowest BCUT2D eigenvalue weighted by Gasteiger charge is -2.25. The van der Waals surface area contributed by atoms with Crippen LogP contribution in [0.2, 0.25) is 0 Å². The van der Waals surface area contributed by atoms with Gasteiger partial charge in [0.2, 0.25) is 0 Å². The largest absolute Gasteiger partial charge is 0.347 e. The Morgan fingerprint density at radius 1 is 1.45 bits per heavy atom. The molecule has 3 heterocycles. The maximum atomic E-state index is 12.7. The predicted molar refractivity (Wildman–Crippen MR) is 83.5 cm³/mol. The highest BCUT2D eigenvalue weighted by Gasteiger charge is 2.30. The van der Waals surface area contributed by atoms with E-state index >= 15 is 0 Å². The summed E-state index contributed by atoms with van der Waals surface area (Å²) in [5.41, 5.74) is 0.767. The summed E-state index contributed by atoms with van der Waals surface area (Å²) in [5.74, 6) is 1.16. The molecule has 6 nitrogen and oxygen atoms in total. The van der Waals surface area contributed by atoms with Crippen LogP contribution < -0.4 is 0 Å². The lowest BCUT2D eigenvalue weighted by molar-refractivity contribution is 0.0720. The molecule has 3 rings (SSSR count). The maximum absolute atomic E-state index is 12.7. The van der Waals surface area contributed by atoms with E-state index < -0.39 is 0 Å². The second-order valence-corrected chi connectivity index (χ2v) is 5.87. The van der Waals surface area contributed by atoms with Crippen LogP contribution in [0.15, 0.2) is 24.7 Å². The average Bonchev–Trinajstić information content (AvgIpc) is 3.24. The Hall–Kier alpha value is -2.11. The van der Waals surface area contributed by atoms with Gasteiger partial charge >= 0.3 is 0 Å². The van der Waals surface area contributed by atoms with E-state index in [1.54, 1.807) is 6.33 Å². The van der Waals surface area contributed by atoms with Crippen LogP contribution in [0.4, 0.5) is 0 Å². The highest BCUT2D eigenvalue weighted by molar-refractivity contribution is 5.93. The van der Waals surface area contributed by atoms with Crippen molar-refractivity contribution in [3.8, 4) is 0 Å². The number of hydrogen-bond donors (Lipinski definition) is 0. The number of carbonyl (C=O) groups is 1. The summed E-state index contributed by atoms with van der Waals surface area (Å²) in [6.45, 7) is 3.84. The Morgan fingerprint density at radius 3 is 3.05 bits per heavy atom. The molecular weight excluding hydrogens is 278 g/mol. The van der Waals surface area contributed by atoms with Gasteiger partial charge in [0.25, 0.3) is 5.91 Å². The van der Waals surface area contributed by atoms with Gasteiger partial charge in [-0.15, -0.1) is 10.2 Å². The lowest BCUT2D eigenvalue weighted by atomic mass is 10.1. The molecule has 2 aromatic heterocycles. The number of hydrogen-bond acceptors (Lipinski definition) is 3. The van der Waals surface area contributed by atoms with Crippen LogP contribution in [0.5, 0.6) is 0 Å². The molecule has 0 saturated carbocycles. The number of nitrogens with zero attached hydrogens (tertiary/aromatic N) is 5. The minimum Gasteiger partial charge on any atom is -0.347 e. The second kappa shape index (κ2) is 6.34. The van der Waals surface area contributed by atoms with Gasteiger partial charge in [0, 0.05) is 38.8 Å². The minimum absolute atomic E-state index is 0.145. The number of aryl methyl sites for hydroxylation is 3. The fourth-order valence-electron chi connectivity index (χ4n) is 3.27. The monoisotopic (exact) mass is 301 g/mol. The zero-order valence-electron chi connectivity index (χ0n) is 13.3. The van der Waals surface area contributed by atoms with Crippen LogP contribution in [0.25, 0.3) is 0 Å². The summed E-state index contributed by atoms with van der Waals surface area (Å²) in [4.78, 5) is 14.7. The Bertz CT molecular complexity index is 645. The van der Waals surface area contributed by atoms with E-state index in [4.69, 9.17) is 0 Å². The molecule has 22 heavy (non-hydrogen) atoms. The van der Waals surface area contributed by atoms with Crippen LogP contribution >= 0.6 is 0 Å². The van der Waals surface area contributed by atoms with Crippen molar-refractivity contribution in [1.82, 2.24) is 24.2 Å². The van der Waals surface area contributed by atoms with Gasteiger partial charge in [-0.3, -0.25) is 4.79 Å². The third-order valence-corrected chi connectivity index (χ3v) is 4.54. The van der Waals surface area contributed by atoms with Gasteiger partial charge in [-0.25, -0.2) is 0 Å². The van der Waals surface area contributed by atoms with Gasteiger partial charge in [-0.1, -0.05) is 0 Å². The van der Waals surface area contributed by atoms with E-state index in [2.05, 4.69) is 21.7 Å². The highest BCUT2D eigenvalue weighted by atomic mass is 16.2. The van der Waals surface area contributed by atoms with Gasteiger partial charge in [0.05, 0.1) is 0 Å². The molecule has 1 fully saturated rings. The normalized spacial score (nSPS) is 18.1. The molecule has 6 heteroatoms. The molecule has 1 aliphatic rings. The molecular formula is C16H23N5O. The fraction of sp³-hybridized carbons (Fsp3) is 0.562. The summed E-state index contributed by atoms with van der Waals surface area (Å²) in [5, 5.41) is 8.16. The molecule has 0 spiro atoms. The molecule has 1 atom stereocenters. The SMILES string of the molecule is CCn1cnnc1CCC1CCCN1C(=O)c1cccn1C. The first kappa shape index (κ1) is 14.8. The van der Waals surface area contributed by atoms with Crippen molar-refractivity contribution in [2.45, 2.75) is 45.2 Å². The first-order chi connectivity index (χ1) is 10.7. The van der Waals surface area contributed by atoms with Crippen LogP contribution in [0.1, 0.15) is 42.5 Å². The number of amides is 1. The fourth-order valence-corrected chi connectivity index (χ4v) is 3.27. The first-order valence-corrected chi connectivity index (χ1v) is 7.99. The smallest absolute Gasteiger partial charge is 0.270 e. The van der Waals surface area contributed by atoms with Crippen molar-refractivity contribution in [3.63, 3.8) is 0 Å². The first-order valence-electron chi connectivity index (χ1n) is 7.99. The molecule has 0 N–H and O–H groups in total. The van der Waals surface area contributed by atoms with Crippen molar-refractivity contribution >= 4 is 5.91 Å².